The Kier molecular flexibility index (Phi) is 4.60. The van der Waals surface area contributed by atoms with E-state index in [4.69, 9.17) is 4.74 Å². The number of ether oxygens (including phenoxy) is 1. The van der Waals surface area contributed by atoms with Crippen molar-refractivity contribution in [2.45, 2.75) is 32.4 Å². The van der Waals surface area contributed by atoms with Crippen LogP contribution < -0.4 is 0 Å². The minimum absolute atomic E-state index is 0.100. The number of rotatable bonds is 4. The second kappa shape index (κ2) is 6.82. The summed E-state index contributed by atoms with van der Waals surface area (Å²) in [6, 6.07) is 9.32. The lowest BCUT2D eigenvalue weighted by molar-refractivity contribution is -0.115. The van der Waals surface area contributed by atoms with Gasteiger partial charge in [-0.2, -0.15) is 0 Å². The maximum Gasteiger partial charge on any atom is 0.410 e. The molecule has 2 heterocycles. The Morgan fingerprint density at radius 3 is 2.74 bits per heavy atom. The van der Waals surface area contributed by atoms with E-state index in [0.29, 0.717) is 13.0 Å². The van der Waals surface area contributed by atoms with Gasteiger partial charge in [0.05, 0.1) is 6.04 Å². The van der Waals surface area contributed by atoms with Crippen LogP contribution in [0.5, 0.6) is 0 Å². The molecule has 0 N–H and O–H groups in total. The number of carbonyl (C=O) groups excluding carboxylic acids is 2. The van der Waals surface area contributed by atoms with Gasteiger partial charge in [-0.25, -0.2) is 4.79 Å². The molecule has 23 heavy (non-hydrogen) atoms. The number of fused-ring (bicyclic) bond motifs is 2. The van der Waals surface area contributed by atoms with E-state index in [1.165, 1.54) is 0 Å². The van der Waals surface area contributed by atoms with E-state index in [9.17, 15) is 9.59 Å². The fourth-order valence-corrected chi connectivity index (χ4v) is 3.09. The zero-order valence-corrected chi connectivity index (χ0v) is 13.3. The smallest absolute Gasteiger partial charge is 0.410 e. The van der Waals surface area contributed by atoms with Gasteiger partial charge < -0.3 is 4.74 Å². The predicted molar refractivity (Wildman–Crippen MR) is 87.7 cm³/mol. The minimum atomic E-state index is -0.357. The number of Topliss-reactive ketones (excluding diaryl/α,β-unsaturated/α-hetero) is 1. The quantitative estimate of drug-likeness (QED) is 0.800. The summed E-state index contributed by atoms with van der Waals surface area (Å²) in [6.45, 7) is 2.70. The van der Waals surface area contributed by atoms with Gasteiger partial charge in [-0.1, -0.05) is 55.5 Å². The van der Waals surface area contributed by atoms with Crippen LogP contribution in [-0.2, 0) is 16.1 Å². The molecule has 1 aromatic carbocycles. The molecular weight excluding hydrogens is 290 g/mol. The molecule has 1 aromatic rings. The van der Waals surface area contributed by atoms with Gasteiger partial charge in [-0.15, -0.1) is 0 Å². The zero-order valence-electron chi connectivity index (χ0n) is 13.3. The second-order valence-electron chi connectivity index (χ2n) is 5.95. The number of ketones is 1. The number of benzene rings is 1. The zero-order chi connectivity index (χ0) is 16.2. The second-order valence-corrected chi connectivity index (χ2v) is 5.95. The monoisotopic (exact) mass is 311 g/mol. The Labute approximate surface area is 136 Å². The maximum atomic E-state index is 12.5. The first-order valence-electron chi connectivity index (χ1n) is 8.08. The first-order valence-corrected chi connectivity index (χ1v) is 8.08. The SMILES string of the molecule is CCC(=O)C1=CC[C@@H]2C=C[C@H]1N(C(=O)OCc1ccccc1)C2. The fourth-order valence-electron chi connectivity index (χ4n) is 3.09. The molecule has 4 nitrogen and oxygen atoms in total. The van der Waals surface area contributed by atoms with Gasteiger partial charge in [-0.3, -0.25) is 9.69 Å². The first-order chi connectivity index (χ1) is 11.2. The highest BCUT2D eigenvalue weighted by Crippen LogP contribution is 2.29. The van der Waals surface area contributed by atoms with Crippen molar-refractivity contribution in [1.82, 2.24) is 4.90 Å². The molecule has 1 amide bonds. The van der Waals surface area contributed by atoms with E-state index in [1.54, 1.807) is 4.90 Å². The van der Waals surface area contributed by atoms with Crippen LogP contribution in [0.4, 0.5) is 4.79 Å². The van der Waals surface area contributed by atoms with Crippen molar-refractivity contribution in [3.63, 3.8) is 0 Å². The number of hydrogen-bond acceptors (Lipinski definition) is 3. The summed E-state index contributed by atoms with van der Waals surface area (Å²) in [5, 5.41) is 0. The van der Waals surface area contributed by atoms with Crippen molar-refractivity contribution >= 4 is 11.9 Å². The molecule has 0 fully saturated rings. The van der Waals surface area contributed by atoms with E-state index in [2.05, 4.69) is 6.08 Å². The highest BCUT2D eigenvalue weighted by molar-refractivity contribution is 5.97. The molecule has 0 aromatic heterocycles. The van der Waals surface area contributed by atoms with Crippen molar-refractivity contribution in [1.29, 1.82) is 0 Å². The van der Waals surface area contributed by atoms with Crippen LogP contribution in [0.25, 0.3) is 0 Å². The summed E-state index contributed by atoms with van der Waals surface area (Å²) >= 11 is 0. The first kappa shape index (κ1) is 15.5. The van der Waals surface area contributed by atoms with Gasteiger partial charge in [0.15, 0.2) is 5.78 Å². The Balaban J connectivity index is 1.72. The standard InChI is InChI=1S/C19H21NO3/c1-2-18(21)16-10-8-14-9-11-17(16)20(12-14)19(22)23-13-15-6-4-3-5-7-15/h3-7,9-11,14,17H,2,8,12-13H2,1H3/t14-,17-/m1/s1. The summed E-state index contributed by atoms with van der Waals surface area (Å²) in [5.41, 5.74) is 1.68. The van der Waals surface area contributed by atoms with E-state index in [-0.39, 0.29) is 30.4 Å². The lowest BCUT2D eigenvalue weighted by atomic mass is 9.98. The molecule has 2 atom stereocenters. The lowest BCUT2D eigenvalue weighted by Crippen LogP contribution is -2.45. The summed E-state index contributed by atoms with van der Waals surface area (Å²) in [6.07, 6.45) is 6.96. The van der Waals surface area contributed by atoms with Crippen LogP contribution in [0.3, 0.4) is 0 Å². The number of amides is 1. The summed E-state index contributed by atoms with van der Waals surface area (Å²) in [5.74, 6) is 0.362. The average Bonchev–Trinajstić information content (AvgIpc) is 2.92. The fraction of sp³-hybridized carbons (Fsp3) is 0.368. The van der Waals surface area contributed by atoms with Crippen LogP contribution in [0.2, 0.25) is 0 Å². The van der Waals surface area contributed by atoms with Crippen LogP contribution in [0.15, 0.2) is 54.1 Å². The van der Waals surface area contributed by atoms with Crippen LogP contribution in [0.1, 0.15) is 25.3 Å². The number of hydrogen-bond donors (Lipinski definition) is 0. The van der Waals surface area contributed by atoms with Crippen LogP contribution in [-0.4, -0.2) is 29.4 Å². The van der Waals surface area contributed by atoms with Crippen molar-refractivity contribution < 1.29 is 14.3 Å². The Morgan fingerprint density at radius 2 is 2.00 bits per heavy atom. The van der Waals surface area contributed by atoms with Gasteiger partial charge >= 0.3 is 6.09 Å². The third kappa shape index (κ3) is 3.36. The lowest BCUT2D eigenvalue weighted by Gasteiger charge is -2.33. The molecule has 3 aliphatic rings. The summed E-state index contributed by atoms with van der Waals surface area (Å²) in [4.78, 5) is 26.4. The average molecular weight is 311 g/mol. The molecule has 4 rings (SSSR count). The van der Waals surface area contributed by atoms with E-state index in [1.807, 2.05) is 49.4 Å². The molecule has 0 spiro atoms. The maximum absolute atomic E-state index is 12.5. The molecule has 0 radical (unpaired) electrons. The van der Waals surface area contributed by atoms with Crippen LogP contribution in [0, 0.1) is 5.92 Å². The molecular formula is C19H21NO3. The Morgan fingerprint density at radius 1 is 1.22 bits per heavy atom. The molecule has 2 bridgehead atoms. The highest BCUT2D eigenvalue weighted by Gasteiger charge is 2.35. The normalized spacial score (nSPS) is 22.5. The van der Waals surface area contributed by atoms with Gasteiger partial charge in [0.1, 0.15) is 6.61 Å². The summed E-state index contributed by atoms with van der Waals surface area (Å²) in [7, 11) is 0. The predicted octanol–water partition coefficient (Wildman–Crippen LogP) is 3.49. The van der Waals surface area contributed by atoms with Crippen molar-refractivity contribution in [3.05, 3.63) is 59.7 Å². The Bertz CT molecular complexity index is 648. The molecule has 0 unspecified atom stereocenters. The molecule has 4 heteroatoms. The van der Waals surface area contributed by atoms with Gasteiger partial charge in [0, 0.05) is 18.5 Å². The molecule has 0 saturated heterocycles. The van der Waals surface area contributed by atoms with Crippen molar-refractivity contribution in [2.24, 2.45) is 5.92 Å². The minimum Gasteiger partial charge on any atom is -0.445 e. The van der Waals surface area contributed by atoms with Crippen LogP contribution >= 0.6 is 0 Å². The number of nitrogens with zero attached hydrogens (tertiary/aromatic N) is 1. The van der Waals surface area contributed by atoms with E-state index >= 15 is 0 Å². The highest BCUT2D eigenvalue weighted by atomic mass is 16.6. The molecule has 2 aliphatic heterocycles. The topological polar surface area (TPSA) is 46.6 Å². The van der Waals surface area contributed by atoms with Gasteiger partial charge in [0.25, 0.3) is 0 Å². The van der Waals surface area contributed by atoms with Gasteiger partial charge in [0.2, 0.25) is 0 Å². The van der Waals surface area contributed by atoms with Gasteiger partial charge in [-0.05, 0) is 17.9 Å². The largest absolute Gasteiger partial charge is 0.445 e. The molecule has 0 saturated carbocycles. The third-order valence-electron chi connectivity index (χ3n) is 4.37. The van der Waals surface area contributed by atoms with E-state index in [0.717, 1.165) is 17.6 Å². The number of allylic oxidation sites excluding steroid dienone is 1. The molecule has 120 valence electrons. The van der Waals surface area contributed by atoms with Crippen molar-refractivity contribution in [3.8, 4) is 0 Å². The number of carbonyl (C=O) groups is 2. The van der Waals surface area contributed by atoms with Crippen molar-refractivity contribution in [2.75, 3.05) is 6.54 Å². The Hall–Kier alpha value is -2.36. The molecule has 1 aliphatic carbocycles. The van der Waals surface area contributed by atoms with E-state index < -0.39 is 0 Å². The summed E-state index contributed by atoms with van der Waals surface area (Å²) < 4.78 is 5.45. The third-order valence-corrected chi connectivity index (χ3v) is 4.37.